The van der Waals surface area contributed by atoms with E-state index >= 15 is 0 Å². The number of para-hydroxylation sites is 1. The maximum Gasteiger partial charge on any atom is 0.340 e. The Bertz CT molecular complexity index is 954. The van der Waals surface area contributed by atoms with Gasteiger partial charge in [0.25, 0.3) is 0 Å². The monoisotopic (exact) mass is 390 g/mol. The Morgan fingerprint density at radius 2 is 1.70 bits per heavy atom. The molecule has 0 aliphatic rings. The van der Waals surface area contributed by atoms with Crippen LogP contribution in [0.1, 0.15) is 22.8 Å². The number of nitrogens with one attached hydrogen (secondary N) is 2. The summed E-state index contributed by atoms with van der Waals surface area (Å²) in [6.45, 7) is 3.52. The molecule has 144 valence electrons. The Morgan fingerprint density at radius 1 is 1.04 bits per heavy atom. The molecule has 2 aromatic carbocycles. The second-order valence-corrected chi connectivity index (χ2v) is 7.85. The summed E-state index contributed by atoms with van der Waals surface area (Å²) in [6, 6.07) is 11.4. The second-order valence-electron chi connectivity index (χ2n) is 5.87. The van der Waals surface area contributed by atoms with E-state index in [2.05, 4.69) is 10.6 Å². The zero-order valence-electron chi connectivity index (χ0n) is 15.4. The first kappa shape index (κ1) is 20.4. The summed E-state index contributed by atoms with van der Waals surface area (Å²) in [5.74, 6) is -0.894. The van der Waals surface area contributed by atoms with E-state index < -0.39 is 15.8 Å². The Hall–Kier alpha value is -2.87. The van der Waals surface area contributed by atoms with E-state index in [0.717, 1.165) is 6.26 Å². The average Bonchev–Trinajstić information content (AvgIpc) is 2.60. The van der Waals surface area contributed by atoms with Crippen LogP contribution in [-0.2, 0) is 19.4 Å². The fraction of sp³-hybridized carbons (Fsp3) is 0.263. The molecule has 2 aromatic rings. The number of esters is 1. The topological polar surface area (TPSA) is 102 Å². The lowest BCUT2D eigenvalue weighted by Crippen LogP contribution is -2.23. The normalized spacial score (nSPS) is 10.9. The highest BCUT2D eigenvalue weighted by molar-refractivity contribution is 7.90. The van der Waals surface area contributed by atoms with E-state index in [-0.39, 0.29) is 29.5 Å². The summed E-state index contributed by atoms with van der Waals surface area (Å²) in [6.07, 6.45) is 1.14. The van der Waals surface area contributed by atoms with Crippen LogP contribution in [0.15, 0.2) is 47.4 Å². The Morgan fingerprint density at radius 3 is 2.37 bits per heavy atom. The molecule has 7 nitrogen and oxygen atoms in total. The predicted molar refractivity (Wildman–Crippen MR) is 104 cm³/mol. The first-order valence-corrected chi connectivity index (χ1v) is 10.2. The Labute approximate surface area is 158 Å². The van der Waals surface area contributed by atoms with Crippen molar-refractivity contribution >= 4 is 33.1 Å². The van der Waals surface area contributed by atoms with Gasteiger partial charge in [-0.3, -0.25) is 4.79 Å². The molecule has 27 heavy (non-hydrogen) atoms. The molecular weight excluding hydrogens is 368 g/mol. The van der Waals surface area contributed by atoms with Gasteiger partial charge in [-0.05, 0) is 43.7 Å². The summed E-state index contributed by atoms with van der Waals surface area (Å²) in [7, 11) is -3.36. The molecule has 0 atom stereocenters. The number of sulfone groups is 1. The first-order chi connectivity index (χ1) is 12.7. The van der Waals surface area contributed by atoms with Gasteiger partial charge in [0.05, 0.1) is 29.3 Å². The van der Waals surface area contributed by atoms with Gasteiger partial charge in [0, 0.05) is 11.9 Å². The van der Waals surface area contributed by atoms with Crippen molar-refractivity contribution in [1.29, 1.82) is 0 Å². The van der Waals surface area contributed by atoms with Crippen LogP contribution in [0.2, 0.25) is 0 Å². The number of ether oxygens (including phenoxy) is 1. The van der Waals surface area contributed by atoms with Crippen molar-refractivity contribution in [3.63, 3.8) is 0 Å². The van der Waals surface area contributed by atoms with Crippen molar-refractivity contribution in [2.75, 3.05) is 30.0 Å². The van der Waals surface area contributed by atoms with Crippen molar-refractivity contribution in [2.45, 2.75) is 18.7 Å². The smallest absolute Gasteiger partial charge is 0.340 e. The Kier molecular flexibility index (Phi) is 6.57. The molecule has 0 radical (unpaired) electrons. The van der Waals surface area contributed by atoms with E-state index in [0.29, 0.717) is 16.9 Å². The van der Waals surface area contributed by atoms with E-state index in [4.69, 9.17) is 4.74 Å². The zero-order valence-corrected chi connectivity index (χ0v) is 16.2. The lowest BCUT2D eigenvalue weighted by molar-refractivity contribution is -0.114. The minimum absolute atomic E-state index is 0.0920. The van der Waals surface area contributed by atoms with Crippen LogP contribution < -0.4 is 10.6 Å². The third-order valence-electron chi connectivity index (χ3n) is 3.82. The van der Waals surface area contributed by atoms with Gasteiger partial charge in [0.15, 0.2) is 9.84 Å². The molecule has 0 unspecified atom stereocenters. The first-order valence-electron chi connectivity index (χ1n) is 8.33. The number of rotatable bonds is 7. The number of carbonyl (C=O) groups is 2. The van der Waals surface area contributed by atoms with Crippen molar-refractivity contribution in [3.05, 3.63) is 53.6 Å². The lowest BCUT2D eigenvalue weighted by atomic mass is 10.1. The standard InChI is InChI=1S/C19H22N2O5S/c1-4-26-19(23)14-8-5-6-9-16(14)21-18(22)12-20-15-10-7-11-17(13(15)2)27(3,24)25/h5-11,20H,4,12H2,1-3H3,(H,21,22). The highest BCUT2D eigenvalue weighted by atomic mass is 32.2. The van der Waals surface area contributed by atoms with Gasteiger partial charge < -0.3 is 15.4 Å². The molecular formula is C19H22N2O5S. The highest BCUT2D eigenvalue weighted by Crippen LogP contribution is 2.23. The molecule has 0 bridgehead atoms. The lowest BCUT2D eigenvalue weighted by Gasteiger charge is -2.13. The summed E-state index contributed by atoms with van der Waals surface area (Å²) in [5, 5.41) is 5.59. The minimum Gasteiger partial charge on any atom is -0.462 e. The van der Waals surface area contributed by atoms with Crippen LogP contribution in [0, 0.1) is 6.92 Å². The summed E-state index contributed by atoms with van der Waals surface area (Å²) < 4.78 is 28.6. The number of carbonyl (C=O) groups excluding carboxylic acids is 2. The average molecular weight is 390 g/mol. The largest absolute Gasteiger partial charge is 0.462 e. The van der Waals surface area contributed by atoms with Gasteiger partial charge in [-0.15, -0.1) is 0 Å². The third kappa shape index (κ3) is 5.30. The predicted octanol–water partition coefficient (Wildman–Crippen LogP) is 2.63. The zero-order chi connectivity index (χ0) is 20.0. The van der Waals surface area contributed by atoms with Crippen LogP contribution >= 0.6 is 0 Å². The third-order valence-corrected chi connectivity index (χ3v) is 5.06. The van der Waals surface area contributed by atoms with Crippen LogP contribution in [0.25, 0.3) is 0 Å². The molecule has 8 heteroatoms. The summed E-state index contributed by atoms with van der Waals surface area (Å²) in [5.41, 5.74) is 1.71. The maximum atomic E-state index is 12.3. The molecule has 0 heterocycles. The van der Waals surface area contributed by atoms with E-state index in [1.165, 1.54) is 6.07 Å². The molecule has 0 spiro atoms. The van der Waals surface area contributed by atoms with Crippen molar-refractivity contribution < 1.29 is 22.7 Å². The van der Waals surface area contributed by atoms with Crippen molar-refractivity contribution in [3.8, 4) is 0 Å². The molecule has 0 aromatic heterocycles. The molecule has 0 aliphatic carbocycles. The van der Waals surface area contributed by atoms with E-state index in [9.17, 15) is 18.0 Å². The van der Waals surface area contributed by atoms with Crippen LogP contribution in [0.4, 0.5) is 11.4 Å². The molecule has 0 saturated carbocycles. The highest BCUT2D eigenvalue weighted by Gasteiger charge is 2.15. The van der Waals surface area contributed by atoms with Gasteiger partial charge in [-0.25, -0.2) is 13.2 Å². The molecule has 1 amide bonds. The van der Waals surface area contributed by atoms with E-state index in [1.807, 2.05) is 0 Å². The van der Waals surface area contributed by atoms with Crippen molar-refractivity contribution in [2.24, 2.45) is 0 Å². The maximum absolute atomic E-state index is 12.3. The van der Waals surface area contributed by atoms with Crippen LogP contribution in [0.3, 0.4) is 0 Å². The number of anilines is 2. The molecule has 0 saturated heterocycles. The van der Waals surface area contributed by atoms with Crippen molar-refractivity contribution in [1.82, 2.24) is 0 Å². The molecule has 0 aliphatic heterocycles. The molecule has 0 fully saturated rings. The number of amides is 1. The van der Waals surface area contributed by atoms with Gasteiger partial charge in [-0.1, -0.05) is 18.2 Å². The molecule has 2 N–H and O–H groups in total. The second kappa shape index (κ2) is 8.68. The quantitative estimate of drug-likeness (QED) is 0.705. The van der Waals surface area contributed by atoms with Gasteiger partial charge in [0.2, 0.25) is 5.91 Å². The van der Waals surface area contributed by atoms with Crippen LogP contribution in [0.5, 0.6) is 0 Å². The molecule has 2 rings (SSSR count). The van der Waals surface area contributed by atoms with Crippen LogP contribution in [-0.4, -0.2) is 39.7 Å². The van der Waals surface area contributed by atoms with E-state index in [1.54, 1.807) is 50.2 Å². The number of benzene rings is 2. The van der Waals surface area contributed by atoms with Gasteiger partial charge in [0.1, 0.15) is 0 Å². The Balaban J connectivity index is 2.10. The van der Waals surface area contributed by atoms with Gasteiger partial charge >= 0.3 is 5.97 Å². The summed E-state index contributed by atoms with van der Waals surface area (Å²) in [4.78, 5) is 24.4. The fourth-order valence-electron chi connectivity index (χ4n) is 2.56. The fourth-order valence-corrected chi connectivity index (χ4v) is 3.55. The van der Waals surface area contributed by atoms with Gasteiger partial charge in [-0.2, -0.15) is 0 Å². The summed E-state index contributed by atoms with van der Waals surface area (Å²) >= 11 is 0. The number of hydrogen-bond donors (Lipinski definition) is 2. The minimum atomic E-state index is -3.36. The number of hydrogen-bond acceptors (Lipinski definition) is 6. The SMILES string of the molecule is CCOC(=O)c1ccccc1NC(=O)CNc1cccc(S(C)(=O)=O)c1C.